The van der Waals surface area contributed by atoms with Crippen molar-refractivity contribution in [3.63, 3.8) is 0 Å². The van der Waals surface area contributed by atoms with Crippen LogP contribution in [0.2, 0.25) is 0 Å². The number of aromatic amines is 1. The predicted octanol–water partition coefficient (Wildman–Crippen LogP) is 3.11. The Kier molecular flexibility index (Phi) is 6.14. The molecule has 1 aromatic carbocycles. The number of hydrogen-bond acceptors (Lipinski definition) is 6. The fraction of sp³-hybridized carbons (Fsp3) is 0.300. The number of ketones is 1. The highest BCUT2D eigenvalue weighted by molar-refractivity contribution is 6.04. The fourth-order valence-electron chi connectivity index (χ4n) is 2.71. The molecule has 0 aliphatic heterocycles. The molecule has 0 amide bonds. The van der Waals surface area contributed by atoms with Gasteiger partial charge in [-0.1, -0.05) is 6.07 Å². The van der Waals surface area contributed by atoms with Crippen LogP contribution in [-0.2, 0) is 9.47 Å². The summed E-state index contributed by atoms with van der Waals surface area (Å²) in [7, 11) is 0. The number of nitrogens with one attached hydrogen (secondary N) is 1. The summed E-state index contributed by atoms with van der Waals surface area (Å²) in [5.74, 6) is -1.68. The molecule has 2 aromatic rings. The third-order valence-electron chi connectivity index (χ3n) is 4.04. The smallest absolute Gasteiger partial charge is 0.340 e. The van der Waals surface area contributed by atoms with Gasteiger partial charge in [0.1, 0.15) is 0 Å². The van der Waals surface area contributed by atoms with Gasteiger partial charge in [-0.05, 0) is 51.5 Å². The van der Waals surface area contributed by atoms with Crippen molar-refractivity contribution in [1.29, 1.82) is 5.26 Å². The molecule has 7 nitrogen and oxygen atoms in total. The van der Waals surface area contributed by atoms with Crippen molar-refractivity contribution in [3.8, 4) is 6.07 Å². The van der Waals surface area contributed by atoms with Gasteiger partial charge < -0.3 is 14.5 Å². The number of rotatable bonds is 6. The van der Waals surface area contributed by atoms with Gasteiger partial charge in [-0.3, -0.25) is 4.79 Å². The summed E-state index contributed by atoms with van der Waals surface area (Å²) in [6, 6.07) is 7.96. The van der Waals surface area contributed by atoms with Crippen LogP contribution in [0, 0.1) is 25.2 Å². The first-order valence-electron chi connectivity index (χ1n) is 8.41. The maximum absolute atomic E-state index is 12.7. The largest absolute Gasteiger partial charge is 0.462 e. The molecule has 27 heavy (non-hydrogen) atoms. The van der Waals surface area contributed by atoms with Gasteiger partial charge in [0, 0.05) is 5.69 Å². The lowest BCUT2D eigenvalue weighted by atomic mass is 10.1. The van der Waals surface area contributed by atoms with E-state index in [1.54, 1.807) is 32.9 Å². The molecule has 1 aromatic heterocycles. The minimum Gasteiger partial charge on any atom is -0.462 e. The minimum atomic E-state index is -1.07. The highest BCUT2D eigenvalue weighted by Crippen LogP contribution is 2.21. The number of nitriles is 1. The monoisotopic (exact) mass is 368 g/mol. The highest BCUT2D eigenvalue weighted by atomic mass is 16.5. The van der Waals surface area contributed by atoms with Crippen molar-refractivity contribution in [2.45, 2.75) is 33.8 Å². The summed E-state index contributed by atoms with van der Waals surface area (Å²) in [6.07, 6.45) is -1.07. The molecule has 0 spiro atoms. The summed E-state index contributed by atoms with van der Waals surface area (Å²) in [6.45, 7) is 6.67. The summed E-state index contributed by atoms with van der Waals surface area (Å²) >= 11 is 0. The van der Waals surface area contributed by atoms with Crippen LogP contribution in [0.1, 0.15) is 61.9 Å². The lowest BCUT2D eigenvalue weighted by molar-refractivity contribution is 0.0316. The van der Waals surface area contributed by atoms with Gasteiger partial charge in [-0.2, -0.15) is 5.26 Å². The number of carbonyl (C=O) groups excluding carboxylic acids is 3. The van der Waals surface area contributed by atoms with E-state index in [1.165, 1.54) is 19.1 Å². The molecule has 2 rings (SSSR count). The Morgan fingerprint density at radius 3 is 2.56 bits per heavy atom. The van der Waals surface area contributed by atoms with Crippen LogP contribution in [0.5, 0.6) is 0 Å². The number of ether oxygens (including phenoxy) is 2. The molecule has 7 heteroatoms. The lowest BCUT2D eigenvalue weighted by Crippen LogP contribution is -2.25. The van der Waals surface area contributed by atoms with E-state index >= 15 is 0 Å². The van der Waals surface area contributed by atoms with E-state index < -0.39 is 23.8 Å². The van der Waals surface area contributed by atoms with Gasteiger partial charge in [0.15, 0.2) is 6.10 Å². The number of carbonyl (C=O) groups is 3. The normalized spacial score (nSPS) is 11.4. The molecule has 1 N–H and O–H groups in total. The number of hydrogen-bond donors (Lipinski definition) is 1. The van der Waals surface area contributed by atoms with Gasteiger partial charge >= 0.3 is 11.9 Å². The number of Topliss-reactive ketones (excluding diaryl/α,β-unsaturated/α-hetero) is 1. The molecular formula is C20H20N2O5. The molecule has 0 aliphatic carbocycles. The van der Waals surface area contributed by atoms with E-state index in [1.807, 2.05) is 6.07 Å². The summed E-state index contributed by atoms with van der Waals surface area (Å²) in [4.78, 5) is 39.9. The molecule has 0 fully saturated rings. The average molecular weight is 368 g/mol. The first kappa shape index (κ1) is 19.9. The zero-order valence-electron chi connectivity index (χ0n) is 15.6. The molecule has 0 unspecified atom stereocenters. The summed E-state index contributed by atoms with van der Waals surface area (Å²) < 4.78 is 10.2. The Morgan fingerprint density at radius 2 is 1.93 bits per heavy atom. The van der Waals surface area contributed by atoms with E-state index in [0.717, 1.165) is 0 Å². The molecule has 1 atom stereocenters. The van der Waals surface area contributed by atoms with E-state index in [4.69, 9.17) is 14.7 Å². The molecule has 0 aliphatic rings. The average Bonchev–Trinajstić information content (AvgIpc) is 2.95. The molecular weight excluding hydrogens is 348 g/mol. The van der Waals surface area contributed by atoms with Crippen LogP contribution >= 0.6 is 0 Å². The Morgan fingerprint density at radius 1 is 1.22 bits per heavy atom. The van der Waals surface area contributed by atoms with Gasteiger partial charge in [0.25, 0.3) is 0 Å². The lowest BCUT2D eigenvalue weighted by Gasteiger charge is -2.12. The molecule has 0 bridgehead atoms. The topological polar surface area (TPSA) is 109 Å². The van der Waals surface area contributed by atoms with Crippen molar-refractivity contribution in [1.82, 2.24) is 4.98 Å². The van der Waals surface area contributed by atoms with Crippen LogP contribution in [-0.4, -0.2) is 35.4 Å². The molecule has 1 heterocycles. The maximum atomic E-state index is 12.7. The Hall–Kier alpha value is -3.40. The number of aryl methyl sites for hydroxylation is 1. The number of aromatic nitrogens is 1. The zero-order chi connectivity index (χ0) is 20.1. The number of benzene rings is 1. The molecule has 0 saturated heterocycles. The van der Waals surface area contributed by atoms with Gasteiger partial charge in [-0.25, -0.2) is 9.59 Å². The third kappa shape index (κ3) is 4.23. The second-order valence-corrected chi connectivity index (χ2v) is 5.95. The van der Waals surface area contributed by atoms with E-state index in [-0.39, 0.29) is 17.9 Å². The zero-order valence-corrected chi connectivity index (χ0v) is 15.6. The second kappa shape index (κ2) is 8.32. The Labute approximate surface area is 156 Å². The first-order valence-corrected chi connectivity index (χ1v) is 8.41. The van der Waals surface area contributed by atoms with Crippen LogP contribution in [0.4, 0.5) is 0 Å². The van der Waals surface area contributed by atoms with Crippen molar-refractivity contribution >= 4 is 17.7 Å². The first-order chi connectivity index (χ1) is 12.8. The van der Waals surface area contributed by atoms with Crippen LogP contribution in [0.25, 0.3) is 0 Å². The highest BCUT2D eigenvalue weighted by Gasteiger charge is 2.27. The standard InChI is InChI=1S/C20H20N2O5/c1-5-26-20(25)16-11(2)17(22-12(16)3)18(23)13(4)27-19(24)15-8-6-7-14(9-15)10-21/h6-9,13,22H,5H2,1-4H3/t13-/m0/s1. The minimum absolute atomic E-state index is 0.181. The van der Waals surface area contributed by atoms with Crippen molar-refractivity contribution < 1.29 is 23.9 Å². The SMILES string of the molecule is CCOC(=O)c1c(C)[nH]c(C(=O)[C@H](C)OC(=O)c2cccc(C#N)c2)c1C. The molecule has 140 valence electrons. The van der Waals surface area contributed by atoms with Crippen LogP contribution in [0.3, 0.4) is 0 Å². The molecule has 0 radical (unpaired) electrons. The Balaban J connectivity index is 2.20. The van der Waals surface area contributed by atoms with E-state index in [9.17, 15) is 14.4 Å². The van der Waals surface area contributed by atoms with Crippen LogP contribution in [0.15, 0.2) is 24.3 Å². The Bertz CT molecular complexity index is 936. The van der Waals surface area contributed by atoms with Crippen LogP contribution < -0.4 is 0 Å². The quantitative estimate of drug-likeness (QED) is 0.620. The number of esters is 2. The molecule has 0 saturated carbocycles. The summed E-state index contributed by atoms with van der Waals surface area (Å²) in [5.41, 5.74) is 1.96. The fourth-order valence-corrected chi connectivity index (χ4v) is 2.71. The maximum Gasteiger partial charge on any atom is 0.340 e. The van der Waals surface area contributed by atoms with Crippen molar-refractivity contribution in [2.24, 2.45) is 0 Å². The number of H-pyrrole nitrogens is 1. The summed E-state index contributed by atoms with van der Waals surface area (Å²) in [5, 5.41) is 8.91. The predicted molar refractivity (Wildman–Crippen MR) is 96.6 cm³/mol. The number of nitrogens with zero attached hydrogens (tertiary/aromatic N) is 1. The second-order valence-electron chi connectivity index (χ2n) is 5.95. The third-order valence-corrected chi connectivity index (χ3v) is 4.04. The van der Waals surface area contributed by atoms with Gasteiger partial charge in [0.2, 0.25) is 5.78 Å². The van der Waals surface area contributed by atoms with Crippen molar-refractivity contribution in [3.05, 3.63) is 57.9 Å². The van der Waals surface area contributed by atoms with Gasteiger partial charge in [0.05, 0.1) is 35.1 Å². The van der Waals surface area contributed by atoms with Gasteiger partial charge in [-0.15, -0.1) is 0 Å². The van der Waals surface area contributed by atoms with Crippen molar-refractivity contribution in [2.75, 3.05) is 6.61 Å². The van der Waals surface area contributed by atoms with E-state index in [0.29, 0.717) is 22.4 Å². The van der Waals surface area contributed by atoms with E-state index in [2.05, 4.69) is 4.98 Å².